The van der Waals surface area contributed by atoms with Crippen molar-refractivity contribution in [1.82, 2.24) is 5.32 Å². The fourth-order valence-electron chi connectivity index (χ4n) is 1.15. The Morgan fingerprint density at radius 2 is 2.00 bits per heavy atom. The Kier molecular flexibility index (Phi) is 6.12. The first-order valence-corrected chi connectivity index (χ1v) is 5.07. The number of hydrogen-bond donors (Lipinski definition) is 3. The van der Waals surface area contributed by atoms with Crippen LogP contribution < -0.4 is 11.1 Å². The molecule has 0 aromatic heterocycles. The minimum atomic E-state index is -0.905. The van der Waals surface area contributed by atoms with Crippen LogP contribution in [0.2, 0.25) is 0 Å². The molecule has 0 spiro atoms. The lowest BCUT2D eigenvalue weighted by Gasteiger charge is -2.19. The highest BCUT2D eigenvalue weighted by molar-refractivity contribution is 5.84. The summed E-state index contributed by atoms with van der Waals surface area (Å²) < 4.78 is 0. The van der Waals surface area contributed by atoms with E-state index in [0.29, 0.717) is 18.6 Å². The fraction of sp³-hybridized carbons (Fsp3) is 0.800. The van der Waals surface area contributed by atoms with Gasteiger partial charge in [-0.1, -0.05) is 13.8 Å². The van der Waals surface area contributed by atoms with Gasteiger partial charge in [0, 0.05) is 0 Å². The minimum Gasteiger partial charge on any atom is -0.391 e. The van der Waals surface area contributed by atoms with Gasteiger partial charge in [0.15, 0.2) is 0 Å². The summed E-state index contributed by atoms with van der Waals surface area (Å²) in [6.07, 6.45) is 0.153. The highest BCUT2D eigenvalue weighted by Gasteiger charge is 2.21. The predicted octanol–water partition coefficient (Wildman–Crippen LogP) is -0.576. The van der Waals surface area contributed by atoms with Gasteiger partial charge in [0.1, 0.15) is 12.3 Å². The molecule has 0 aliphatic rings. The van der Waals surface area contributed by atoms with E-state index < -0.39 is 24.1 Å². The lowest BCUT2D eigenvalue weighted by Crippen LogP contribution is -2.50. The Hall–Kier alpha value is -0.940. The molecule has 4 N–H and O–H groups in total. The van der Waals surface area contributed by atoms with Crippen LogP contribution in [0.25, 0.3) is 0 Å². The number of aldehydes is 1. The summed E-state index contributed by atoms with van der Waals surface area (Å²) in [5.74, 6) is -0.0892. The van der Waals surface area contributed by atoms with Crippen LogP contribution in [0.1, 0.15) is 27.2 Å². The van der Waals surface area contributed by atoms with Crippen LogP contribution in [0, 0.1) is 5.92 Å². The average molecular weight is 216 g/mol. The van der Waals surface area contributed by atoms with Crippen molar-refractivity contribution in [2.24, 2.45) is 11.7 Å². The van der Waals surface area contributed by atoms with Crippen molar-refractivity contribution in [1.29, 1.82) is 0 Å². The monoisotopic (exact) mass is 216 g/mol. The van der Waals surface area contributed by atoms with Gasteiger partial charge >= 0.3 is 0 Å². The first kappa shape index (κ1) is 14.1. The van der Waals surface area contributed by atoms with Gasteiger partial charge in [-0.25, -0.2) is 0 Å². The number of aliphatic hydroxyl groups is 1. The number of nitrogens with two attached hydrogens (primary N) is 1. The molecule has 88 valence electrons. The van der Waals surface area contributed by atoms with Crippen molar-refractivity contribution in [3.8, 4) is 0 Å². The summed E-state index contributed by atoms with van der Waals surface area (Å²) in [5, 5.41) is 11.5. The van der Waals surface area contributed by atoms with E-state index in [4.69, 9.17) is 10.8 Å². The molecule has 0 heterocycles. The van der Waals surface area contributed by atoms with E-state index in [1.54, 1.807) is 0 Å². The molecule has 5 nitrogen and oxygen atoms in total. The van der Waals surface area contributed by atoms with Crippen molar-refractivity contribution < 1.29 is 14.7 Å². The molecule has 0 radical (unpaired) electrons. The average Bonchev–Trinajstić information content (AvgIpc) is 2.11. The molecule has 5 heteroatoms. The highest BCUT2D eigenvalue weighted by atomic mass is 16.3. The zero-order chi connectivity index (χ0) is 12.0. The van der Waals surface area contributed by atoms with Crippen LogP contribution >= 0.6 is 0 Å². The lowest BCUT2D eigenvalue weighted by atomic mass is 10.0. The molecule has 3 unspecified atom stereocenters. The Morgan fingerprint density at radius 3 is 2.33 bits per heavy atom. The quantitative estimate of drug-likeness (QED) is 0.518. The largest absolute Gasteiger partial charge is 0.391 e. The van der Waals surface area contributed by atoms with E-state index >= 15 is 0 Å². The Labute approximate surface area is 90.0 Å². The summed E-state index contributed by atoms with van der Waals surface area (Å²) in [4.78, 5) is 22.0. The maximum absolute atomic E-state index is 11.4. The number of carbonyl (C=O) groups is 2. The normalized spacial score (nSPS) is 16.9. The van der Waals surface area contributed by atoms with Crippen molar-refractivity contribution in [3.63, 3.8) is 0 Å². The molecule has 15 heavy (non-hydrogen) atoms. The third-order valence-corrected chi connectivity index (χ3v) is 2.04. The van der Waals surface area contributed by atoms with Crippen LogP contribution in [0.5, 0.6) is 0 Å². The standard InChI is InChI=1S/C10H20N2O3/c1-6(2)4-8(11)10(15)12-9(5-13)7(3)14/h5-9,14H,4,11H2,1-3H3,(H,12,15). The van der Waals surface area contributed by atoms with Crippen molar-refractivity contribution >= 4 is 12.2 Å². The molecule has 3 atom stereocenters. The Bertz CT molecular complexity index is 217. The van der Waals surface area contributed by atoms with Gasteiger partial charge in [0.05, 0.1) is 12.1 Å². The van der Waals surface area contributed by atoms with E-state index in [1.165, 1.54) is 6.92 Å². The molecule has 0 saturated carbocycles. The van der Waals surface area contributed by atoms with E-state index in [2.05, 4.69) is 5.32 Å². The molecule has 0 rings (SSSR count). The summed E-state index contributed by atoms with van der Waals surface area (Å²) in [6.45, 7) is 5.35. The zero-order valence-corrected chi connectivity index (χ0v) is 9.43. The van der Waals surface area contributed by atoms with Crippen molar-refractivity contribution in [3.05, 3.63) is 0 Å². The van der Waals surface area contributed by atoms with Gasteiger partial charge in [0.25, 0.3) is 0 Å². The molecule has 0 bridgehead atoms. The van der Waals surface area contributed by atoms with Crippen molar-refractivity contribution in [2.75, 3.05) is 0 Å². The zero-order valence-electron chi connectivity index (χ0n) is 9.43. The van der Waals surface area contributed by atoms with Gasteiger partial charge in [-0.2, -0.15) is 0 Å². The van der Waals surface area contributed by atoms with Crippen LogP contribution in [-0.4, -0.2) is 35.5 Å². The molecular formula is C10H20N2O3. The number of aliphatic hydroxyl groups excluding tert-OH is 1. The van der Waals surface area contributed by atoms with E-state index in [0.717, 1.165) is 0 Å². The summed E-state index contributed by atoms with van der Waals surface area (Å²) in [6, 6.07) is -1.51. The molecule has 1 amide bonds. The molecule has 0 aromatic carbocycles. The van der Waals surface area contributed by atoms with E-state index in [1.807, 2.05) is 13.8 Å². The fourth-order valence-corrected chi connectivity index (χ4v) is 1.15. The topological polar surface area (TPSA) is 92.4 Å². The summed E-state index contributed by atoms with van der Waals surface area (Å²) in [5.41, 5.74) is 5.61. The van der Waals surface area contributed by atoms with Gasteiger partial charge in [-0.05, 0) is 19.3 Å². The predicted molar refractivity (Wildman–Crippen MR) is 57.1 cm³/mol. The molecule has 0 aliphatic heterocycles. The number of nitrogens with one attached hydrogen (secondary N) is 1. The van der Waals surface area contributed by atoms with Gasteiger partial charge < -0.3 is 21.0 Å². The summed E-state index contributed by atoms with van der Waals surface area (Å²) >= 11 is 0. The molecular weight excluding hydrogens is 196 g/mol. The second kappa shape index (κ2) is 6.53. The maximum atomic E-state index is 11.4. The SMILES string of the molecule is CC(C)CC(N)C(=O)NC(C=O)C(C)O. The third-order valence-electron chi connectivity index (χ3n) is 2.04. The molecule has 0 aliphatic carbocycles. The third kappa shape index (κ3) is 5.49. The van der Waals surface area contributed by atoms with E-state index in [-0.39, 0.29) is 0 Å². The molecule has 0 saturated heterocycles. The molecule has 0 aromatic rings. The molecule has 0 fully saturated rings. The number of amides is 1. The van der Waals surface area contributed by atoms with E-state index in [9.17, 15) is 9.59 Å². The first-order valence-electron chi connectivity index (χ1n) is 5.07. The second-order valence-electron chi connectivity index (χ2n) is 4.15. The number of hydrogen-bond acceptors (Lipinski definition) is 4. The van der Waals surface area contributed by atoms with Crippen LogP contribution in [0.3, 0.4) is 0 Å². The van der Waals surface area contributed by atoms with Gasteiger partial charge in [-0.15, -0.1) is 0 Å². The second-order valence-corrected chi connectivity index (χ2v) is 4.15. The van der Waals surface area contributed by atoms with Crippen molar-refractivity contribution in [2.45, 2.75) is 45.4 Å². The van der Waals surface area contributed by atoms with Crippen LogP contribution in [0.15, 0.2) is 0 Å². The van der Waals surface area contributed by atoms with Gasteiger partial charge in [0.2, 0.25) is 5.91 Å². The smallest absolute Gasteiger partial charge is 0.237 e. The Balaban J connectivity index is 4.16. The minimum absolute atomic E-state index is 0.312. The summed E-state index contributed by atoms with van der Waals surface area (Å²) in [7, 11) is 0. The number of rotatable bonds is 6. The van der Waals surface area contributed by atoms with Gasteiger partial charge in [-0.3, -0.25) is 4.79 Å². The lowest BCUT2D eigenvalue weighted by molar-refractivity contribution is -0.126. The Morgan fingerprint density at radius 1 is 1.47 bits per heavy atom. The maximum Gasteiger partial charge on any atom is 0.237 e. The van der Waals surface area contributed by atoms with Crippen LogP contribution in [0.4, 0.5) is 0 Å². The first-order chi connectivity index (χ1) is 6.88. The van der Waals surface area contributed by atoms with Crippen LogP contribution in [-0.2, 0) is 9.59 Å². The number of carbonyl (C=O) groups excluding carboxylic acids is 2. The highest BCUT2D eigenvalue weighted by Crippen LogP contribution is 2.03.